The Morgan fingerprint density at radius 3 is 2.31 bits per heavy atom. The van der Waals surface area contributed by atoms with Crippen LogP contribution in [-0.2, 0) is 4.79 Å². The first-order chi connectivity index (χ1) is 16.8. The number of esters is 1. The third-order valence-corrected chi connectivity index (χ3v) is 5.23. The lowest BCUT2D eigenvalue weighted by molar-refractivity contribution is -0.123. The fraction of sp³-hybridized carbons (Fsp3) is 0.250. The van der Waals surface area contributed by atoms with E-state index >= 15 is 0 Å². The van der Waals surface area contributed by atoms with Crippen LogP contribution >= 0.6 is 0 Å². The van der Waals surface area contributed by atoms with E-state index in [0.717, 1.165) is 16.7 Å². The smallest absolute Gasteiger partial charge is 0.343 e. The van der Waals surface area contributed by atoms with Gasteiger partial charge in [-0.15, -0.1) is 0 Å². The Kier molecular flexibility index (Phi) is 8.62. The molecule has 3 aromatic rings. The molecular weight excluding hydrogens is 444 g/mol. The zero-order chi connectivity index (χ0) is 25.4. The largest absolute Gasteiger partial charge is 0.493 e. The summed E-state index contributed by atoms with van der Waals surface area (Å²) in [5, 5.41) is 3.98. The Hall–Kier alpha value is -4.13. The highest BCUT2D eigenvalue weighted by Crippen LogP contribution is 2.29. The van der Waals surface area contributed by atoms with Gasteiger partial charge in [0.2, 0.25) is 0 Å². The van der Waals surface area contributed by atoms with Crippen molar-refractivity contribution in [3.05, 3.63) is 88.5 Å². The SMILES string of the molecule is COc1cc(/C=N/NC(=O)COc2cc(C)ccc2C(C)C)ccc1OC(=O)c1ccc(C)cc1. The summed E-state index contributed by atoms with van der Waals surface area (Å²) >= 11 is 0. The minimum Gasteiger partial charge on any atom is -0.493 e. The van der Waals surface area contributed by atoms with Gasteiger partial charge in [-0.25, -0.2) is 10.2 Å². The lowest BCUT2D eigenvalue weighted by Gasteiger charge is -2.14. The molecule has 0 aliphatic heterocycles. The number of nitrogens with one attached hydrogen (secondary N) is 1. The summed E-state index contributed by atoms with van der Waals surface area (Å²) in [5.74, 6) is 0.760. The molecule has 0 atom stereocenters. The second-order valence-electron chi connectivity index (χ2n) is 8.44. The van der Waals surface area contributed by atoms with E-state index in [1.807, 2.05) is 44.2 Å². The van der Waals surface area contributed by atoms with Crippen molar-refractivity contribution in [3.63, 3.8) is 0 Å². The second-order valence-corrected chi connectivity index (χ2v) is 8.44. The van der Waals surface area contributed by atoms with Crippen LogP contribution in [-0.4, -0.2) is 31.8 Å². The van der Waals surface area contributed by atoms with Crippen molar-refractivity contribution in [2.45, 2.75) is 33.6 Å². The summed E-state index contributed by atoms with van der Waals surface area (Å²) in [4.78, 5) is 24.6. The highest BCUT2D eigenvalue weighted by Gasteiger charge is 2.13. The number of benzene rings is 3. The fourth-order valence-electron chi connectivity index (χ4n) is 3.30. The number of hydrazone groups is 1. The summed E-state index contributed by atoms with van der Waals surface area (Å²) in [5.41, 5.74) is 6.71. The van der Waals surface area contributed by atoms with Gasteiger partial charge < -0.3 is 14.2 Å². The number of carbonyl (C=O) groups excluding carboxylic acids is 2. The van der Waals surface area contributed by atoms with E-state index in [9.17, 15) is 9.59 Å². The predicted octanol–water partition coefficient (Wildman–Crippen LogP) is 5.18. The van der Waals surface area contributed by atoms with Crippen LogP contribution in [0.15, 0.2) is 65.8 Å². The molecule has 1 amide bonds. The molecule has 0 bridgehead atoms. The van der Waals surface area contributed by atoms with Crippen molar-refractivity contribution in [1.29, 1.82) is 0 Å². The van der Waals surface area contributed by atoms with Crippen molar-refractivity contribution in [2.24, 2.45) is 5.10 Å². The zero-order valence-electron chi connectivity index (χ0n) is 20.6. The van der Waals surface area contributed by atoms with Crippen LogP contribution in [0.4, 0.5) is 0 Å². The van der Waals surface area contributed by atoms with Crippen LogP contribution in [0.2, 0.25) is 0 Å². The number of hydrogen-bond acceptors (Lipinski definition) is 6. The van der Waals surface area contributed by atoms with Gasteiger partial charge in [0.1, 0.15) is 5.75 Å². The Bertz CT molecular complexity index is 1220. The number of nitrogens with zero attached hydrogens (tertiary/aromatic N) is 1. The molecule has 0 saturated heterocycles. The van der Waals surface area contributed by atoms with Crippen molar-refractivity contribution in [2.75, 3.05) is 13.7 Å². The van der Waals surface area contributed by atoms with Gasteiger partial charge in [0.15, 0.2) is 18.1 Å². The number of rotatable bonds is 9. The maximum Gasteiger partial charge on any atom is 0.343 e. The minimum absolute atomic E-state index is 0.155. The molecule has 7 nitrogen and oxygen atoms in total. The number of methoxy groups -OCH3 is 1. The van der Waals surface area contributed by atoms with E-state index in [2.05, 4.69) is 24.4 Å². The number of amides is 1. The van der Waals surface area contributed by atoms with Crippen molar-refractivity contribution >= 4 is 18.1 Å². The van der Waals surface area contributed by atoms with Gasteiger partial charge in [0.25, 0.3) is 5.91 Å². The van der Waals surface area contributed by atoms with Crippen molar-refractivity contribution < 1.29 is 23.8 Å². The van der Waals surface area contributed by atoms with Gasteiger partial charge in [-0.1, -0.05) is 43.7 Å². The van der Waals surface area contributed by atoms with Gasteiger partial charge in [-0.2, -0.15) is 5.10 Å². The molecule has 0 unspecified atom stereocenters. The Morgan fingerprint density at radius 2 is 1.63 bits per heavy atom. The van der Waals surface area contributed by atoms with Crippen molar-refractivity contribution in [3.8, 4) is 17.2 Å². The maximum atomic E-state index is 12.4. The number of hydrogen-bond donors (Lipinski definition) is 1. The van der Waals surface area contributed by atoms with E-state index in [1.54, 1.807) is 30.3 Å². The van der Waals surface area contributed by atoms with Gasteiger partial charge in [0, 0.05) is 0 Å². The molecule has 0 aromatic heterocycles. The lowest BCUT2D eigenvalue weighted by atomic mass is 10.0. The van der Waals surface area contributed by atoms with Crippen LogP contribution < -0.4 is 19.6 Å². The molecule has 182 valence electrons. The molecule has 0 fully saturated rings. The standard InChI is InChI=1S/C28H30N2O5/c1-18(2)23-12-8-20(4)14-25(23)34-17-27(31)30-29-16-21-9-13-24(26(15-21)33-5)35-28(32)22-10-6-19(3)7-11-22/h6-16,18H,17H2,1-5H3,(H,30,31)/b29-16+. The Balaban J connectivity index is 1.58. The Morgan fingerprint density at radius 1 is 0.914 bits per heavy atom. The second kappa shape index (κ2) is 11.8. The molecule has 0 aliphatic rings. The molecule has 0 heterocycles. The first-order valence-electron chi connectivity index (χ1n) is 11.3. The third-order valence-electron chi connectivity index (χ3n) is 5.23. The van der Waals surface area contributed by atoms with Gasteiger partial charge >= 0.3 is 5.97 Å². The molecule has 0 radical (unpaired) electrons. The summed E-state index contributed by atoms with van der Waals surface area (Å²) in [6.07, 6.45) is 1.47. The fourth-order valence-corrected chi connectivity index (χ4v) is 3.30. The molecule has 3 rings (SSSR count). The summed E-state index contributed by atoms with van der Waals surface area (Å²) in [7, 11) is 1.48. The van der Waals surface area contributed by atoms with Crippen molar-refractivity contribution in [1.82, 2.24) is 5.43 Å². The van der Waals surface area contributed by atoms with E-state index in [0.29, 0.717) is 22.6 Å². The van der Waals surface area contributed by atoms with Crippen LogP contribution in [0.5, 0.6) is 17.2 Å². The molecule has 35 heavy (non-hydrogen) atoms. The van der Waals surface area contributed by atoms with Crippen LogP contribution in [0.1, 0.15) is 52.4 Å². The average Bonchev–Trinajstić information content (AvgIpc) is 2.83. The molecule has 3 aromatic carbocycles. The van der Waals surface area contributed by atoms with E-state index in [1.165, 1.54) is 13.3 Å². The molecule has 0 aliphatic carbocycles. The minimum atomic E-state index is -0.480. The summed E-state index contributed by atoms with van der Waals surface area (Å²) in [6, 6.07) is 18.0. The molecule has 1 N–H and O–H groups in total. The average molecular weight is 475 g/mol. The first-order valence-corrected chi connectivity index (χ1v) is 11.3. The van der Waals surface area contributed by atoms with Crippen LogP contribution in [0.3, 0.4) is 0 Å². The molecular formula is C28H30N2O5. The van der Waals surface area contributed by atoms with Crippen LogP contribution in [0, 0.1) is 13.8 Å². The zero-order valence-corrected chi connectivity index (χ0v) is 20.6. The lowest BCUT2D eigenvalue weighted by Crippen LogP contribution is -2.25. The highest BCUT2D eigenvalue weighted by atomic mass is 16.6. The number of aryl methyl sites for hydroxylation is 2. The van der Waals surface area contributed by atoms with E-state index in [-0.39, 0.29) is 24.2 Å². The van der Waals surface area contributed by atoms with Crippen LogP contribution in [0.25, 0.3) is 0 Å². The quantitative estimate of drug-likeness (QED) is 0.200. The highest BCUT2D eigenvalue weighted by molar-refractivity contribution is 5.91. The molecule has 7 heteroatoms. The maximum absolute atomic E-state index is 12.4. The third kappa shape index (κ3) is 7.17. The van der Waals surface area contributed by atoms with E-state index in [4.69, 9.17) is 14.2 Å². The van der Waals surface area contributed by atoms with Gasteiger partial charge in [-0.3, -0.25) is 4.79 Å². The first kappa shape index (κ1) is 25.5. The molecule has 0 spiro atoms. The van der Waals surface area contributed by atoms with Gasteiger partial charge in [0.05, 0.1) is 18.9 Å². The monoisotopic (exact) mass is 474 g/mol. The topological polar surface area (TPSA) is 86.2 Å². The molecule has 0 saturated carbocycles. The normalized spacial score (nSPS) is 10.9. The summed E-state index contributed by atoms with van der Waals surface area (Å²) in [6.45, 7) is 7.92. The number of carbonyl (C=O) groups is 2. The van der Waals surface area contributed by atoms with Gasteiger partial charge in [-0.05, 0) is 72.9 Å². The predicted molar refractivity (Wildman–Crippen MR) is 136 cm³/mol. The summed E-state index contributed by atoms with van der Waals surface area (Å²) < 4.78 is 16.5. The number of ether oxygens (including phenoxy) is 3. The Labute approximate surface area is 205 Å². The van der Waals surface area contributed by atoms with E-state index < -0.39 is 5.97 Å².